The van der Waals surface area contributed by atoms with Crippen molar-refractivity contribution in [3.05, 3.63) is 29.6 Å². The molecule has 0 aromatic carbocycles. The second kappa shape index (κ2) is 4.89. The fourth-order valence-corrected chi connectivity index (χ4v) is 1.13. The molecule has 0 aliphatic rings. The quantitative estimate of drug-likeness (QED) is 0.805. The molecule has 0 unspecified atom stereocenters. The molecule has 0 bridgehead atoms. The molecule has 4 heteroatoms. The van der Waals surface area contributed by atoms with Gasteiger partial charge in [-0.1, -0.05) is 0 Å². The van der Waals surface area contributed by atoms with E-state index in [9.17, 15) is 4.79 Å². The van der Waals surface area contributed by atoms with Crippen LogP contribution in [0.25, 0.3) is 0 Å². The van der Waals surface area contributed by atoms with Crippen LogP contribution in [0, 0.1) is 0 Å². The molecule has 1 aromatic rings. The molecule has 1 amide bonds. The highest BCUT2D eigenvalue weighted by Gasteiger charge is 2.15. The molecule has 0 radical (unpaired) electrons. The molecule has 1 rings (SSSR count). The lowest BCUT2D eigenvalue weighted by atomic mass is 10.2. The van der Waals surface area contributed by atoms with E-state index >= 15 is 0 Å². The van der Waals surface area contributed by atoms with Crippen molar-refractivity contribution in [2.75, 3.05) is 7.05 Å². The monoisotopic (exact) mass is 207 g/mol. The smallest absolute Gasteiger partial charge is 0.272 e. The average molecular weight is 207 g/mol. The van der Waals surface area contributed by atoms with Crippen LogP contribution in [0.5, 0.6) is 0 Å². The lowest BCUT2D eigenvalue weighted by molar-refractivity contribution is 0.0749. The summed E-state index contributed by atoms with van der Waals surface area (Å²) in [5.74, 6) is -0.0692. The number of amides is 1. The fourth-order valence-electron chi connectivity index (χ4n) is 1.13. The first-order chi connectivity index (χ1) is 7.06. The molecule has 0 spiro atoms. The van der Waals surface area contributed by atoms with E-state index in [0.717, 1.165) is 5.56 Å². The summed E-state index contributed by atoms with van der Waals surface area (Å²) in [4.78, 5) is 17.6. The standard InChI is InChI=1S/C11H17N3O/c1-8(2)14(3)11(15)10-6-9(7-12)4-5-13-10/h4-6,8H,7,12H2,1-3H3. The van der Waals surface area contributed by atoms with E-state index in [1.54, 1.807) is 24.2 Å². The van der Waals surface area contributed by atoms with Crippen molar-refractivity contribution in [1.82, 2.24) is 9.88 Å². The number of hydrogen-bond acceptors (Lipinski definition) is 3. The van der Waals surface area contributed by atoms with E-state index in [0.29, 0.717) is 12.2 Å². The first-order valence-electron chi connectivity index (χ1n) is 4.98. The molecule has 0 fully saturated rings. The number of nitrogens with two attached hydrogens (primary N) is 1. The molecular formula is C11H17N3O. The minimum absolute atomic E-state index is 0.0692. The van der Waals surface area contributed by atoms with E-state index in [-0.39, 0.29) is 11.9 Å². The highest BCUT2D eigenvalue weighted by molar-refractivity contribution is 5.92. The second-order valence-electron chi connectivity index (χ2n) is 3.76. The Hall–Kier alpha value is -1.42. The normalized spacial score (nSPS) is 10.5. The molecule has 0 saturated carbocycles. The van der Waals surface area contributed by atoms with Crippen LogP contribution in [0.3, 0.4) is 0 Å². The van der Waals surface area contributed by atoms with Crippen molar-refractivity contribution in [2.45, 2.75) is 26.4 Å². The minimum atomic E-state index is -0.0692. The van der Waals surface area contributed by atoms with Gasteiger partial charge >= 0.3 is 0 Å². The summed E-state index contributed by atoms with van der Waals surface area (Å²) >= 11 is 0. The molecule has 0 aliphatic carbocycles. The van der Waals surface area contributed by atoms with Gasteiger partial charge in [-0.15, -0.1) is 0 Å². The van der Waals surface area contributed by atoms with Gasteiger partial charge in [0.15, 0.2) is 0 Å². The van der Waals surface area contributed by atoms with Crippen molar-refractivity contribution >= 4 is 5.91 Å². The largest absolute Gasteiger partial charge is 0.338 e. The van der Waals surface area contributed by atoms with Gasteiger partial charge in [0.25, 0.3) is 5.91 Å². The number of aromatic nitrogens is 1. The molecule has 2 N–H and O–H groups in total. The zero-order chi connectivity index (χ0) is 11.4. The molecule has 1 aromatic heterocycles. The van der Waals surface area contributed by atoms with E-state index in [2.05, 4.69) is 4.98 Å². The van der Waals surface area contributed by atoms with Gasteiger partial charge in [-0.3, -0.25) is 9.78 Å². The Kier molecular flexibility index (Phi) is 3.80. The third-order valence-electron chi connectivity index (χ3n) is 2.37. The van der Waals surface area contributed by atoms with Gasteiger partial charge in [-0.05, 0) is 31.5 Å². The summed E-state index contributed by atoms with van der Waals surface area (Å²) in [6.07, 6.45) is 1.61. The SMILES string of the molecule is CC(C)N(C)C(=O)c1cc(CN)ccn1. The van der Waals surface area contributed by atoms with Gasteiger partial charge in [-0.25, -0.2) is 0 Å². The Morgan fingerprint density at radius 1 is 1.60 bits per heavy atom. The lowest BCUT2D eigenvalue weighted by Gasteiger charge is -2.20. The van der Waals surface area contributed by atoms with Crippen LogP contribution >= 0.6 is 0 Å². The van der Waals surface area contributed by atoms with Crippen LogP contribution in [0.1, 0.15) is 29.9 Å². The van der Waals surface area contributed by atoms with E-state index in [4.69, 9.17) is 5.73 Å². The molecule has 0 saturated heterocycles. The number of carbonyl (C=O) groups is 1. The predicted molar refractivity (Wildman–Crippen MR) is 59.4 cm³/mol. The molecule has 15 heavy (non-hydrogen) atoms. The van der Waals surface area contributed by atoms with Gasteiger partial charge in [-0.2, -0.15) is 0 Å². The minimum Gasteiger partial charge on any atom is -0.338 e. The van der Waals surface area contributed by atoms with Crippen LogP contribution in [-0.4, -0.2) is 28.9 Å². The Labute approximate surface area is 90.1 Å². The van der Waals surface area contributed by atoms with Gasteiger partial charge in [0.1, 0.15) is 5.69 Å². The summed E-state index contributed by atoms with van der Waals surface area (Å²) in [7, 11) is 1.77. The molecular weight excluding hydrogens is 190 g/mol. The average Bonchev–Trinajstić information content (AvgIpc) is 2.27. The van der Waals surface area contributed by atoms with Crippen molar-refractivity contribution in [1.29, 1.82) is 0 Å². The van der Waals surface area contributed by atoms with E-state index < -0.39 is 0 Å². The maximum atomic E-state index is 11.9. The molecule has 4 nitrogen and oxygen atoms in total. The Balaban J connectivity index is 2.91. The van der Waals surface area contributed by atoms with Gasteiger partial charge < -0.3 is 10.6 Å². The number of pyridine rings is 1. The highest BCUT2D eigenvalue weighted by Crippen LogP contribution is 2.06. The Morgan fingerprint density at radius 2 is 2.27 bits per heavy atom. The Bertz CT molecular complexity index is 349. The summed E-state index contributed by atoms with van der Waals surface area (Å²) < 4.78 is 0. The molecule has 0 atom stereocenters. The zero-order valence-electron chi connectivity index (χ0n) is 9.40. The molecule has 0 aliphatic heterocycles. The fraction of sp³-hybridized carbons (Fsp3) is 0.455. The molecule has 1 heterocycles. The van der Waals surface area contributed by atoms with Crippen LogP contribution in [0.4, 0.5) is 0 Å². The van der Waals surface area contributed by atoms with Crippen LogP contribution in [0.15, 0.2) is 18.3 Å². The highest BCUT2D eigenvalue weighted by atomic mass is 16.2. The van der Waals surface area contributed by atoms with Crippen molar-refractivity contribution in [3.63, 3.8) is 0 Å². The maximum absolute atomic E-state index is 11.9. The van der Waals surface area contributed by atoms with Crippen molar-refractivity contribution in [3.8, 4) is 0 Å². The zero-order valence-corrected chi connectivity index (χ0v) is 9.40. The van der Waals surface area contributed by atoms with Gasteiger partial charge in [0.2, 0.25) is 0 Å². The first-order valence-corrected chi connectivity index (χ1v) is 4.98. The van der Waals surface area contributed by atoms with Crippen LogP contribution < -0.4 is 5.73 Å². The summed E-state index contributed by atoms with van der Waals surface area (Å²) in [5.41, 5.74) is 6.88. The maximum Gasteiger partial charge on any atom is 0.272 e. The van der Waals surface area contributed by atoms with E-state index in [1.807, 2.05) is 19.9 Å². The predicted octanol–water partition coefficient (Wildman–Crippen LogP) is 1.02. The topological polar surface area (TPSA) is 59.2 Å². The van der Waals surface area contributed by atoms with Crippen molar-refractivity contribution < 1.29 is 4.79 Å². The number of carbonyl (C=O) groups excluding carboxylic acids is 1. The van der Waals surface area contributed by atoms with E-state index in [1.165, 1.54) is 0 Å². The summed E-state index contributed by atoms with van der Waals surface area (Å²) in [6, 6.07) is 3.72. The number of hydrogen-bond donors (Lipinski definition) is 1. The number of rotatable bonds is 3. The van der Waals surface area contributed by atoms with Gasteiger partial charge in [0.05, 0.1) is 0 Å². The van der Waals surface area contributed by atoms with Gasteiger partial charge in [0, 0.05) is 25.8 Å². The molecule has 82 valence electrons. The summed E-state index contributed by atoms with van der Waals surface area (Å²) in [6.45, 7) is 4.35. The van der Waals surface area contributed by atoms with Crippen molar-refractivity contribution in [2.24, 2.45) is 5.73 Å². The Morgan fingerprint density at radius 3 is 2.80 bits per heavy atom. The first kappa shape index (κ1) is 11.7. The third-order valence-corrected chi connectivity index (χ3v) is 2.37. The lowest BCUT2D eigenvalue weighted by Crippen LogP contribution is -2.33. The van der Waals surface area contributed by atoms with Crippen LogP contribution in [0.2, 0.25) is 0 Å². The number of nitrogens with zero attached hydrogens (tertiary/aromatic N) is 2. The summed E-state index contributed by atoms with van der Waals surface area (Å²) in [5, 5.41) is 0. The van der Waals surface area contributed by atoms with Crippen LogP contribution in [-0.2, 0) is 6.54 Å². The second-order valence-corrected chi connectivity index (χ2v) is 3.76. The third kappa shape index (κ3) is 2.76.